The summed E-state index contributed by atoms with van der Waals surface area (Å²) in [5, 5.41) is 14.4. The summed E-state index contributed by atoms with van der Waals surface area (Å²) in [6.45, 7) is 1.94. The zero-order valence-corrected chi connectivity index (χ0v) is 10.2. The van der Waals surface area contributed by atoms with E-state index in [1.165, 1.54) is 12.8 Å². The fourth-order valence-electron chi connectivity index (χ4n) is 2.98. The fourth-order valence-corrected chi connectivity index (χ4v) is 2.98. The SMILES string of the molecule is O=[N+]([O-])c1cccc(N2CCC3CCC(C2)N3)c1. The molecule has 2 fully saturated rings. The molecule has 2 saturated heterocycles. The molecule has 2 heterocycles. The lowest BCUT2D eigenvalue weighted by molar-refractivity contribution is -0.384. The normalized spacial score (nSPS) is 27.0. The Morgan fingerprint density at radius 1 is 1.28 bits per heavy atom. The molecule has 2 atom stereocenters. The number of nitrogens with zero attached hydrogens (tertiary/aromatic N) is 2. The molecule has 2 unspecified atom stereocenters. The number of nitro benzene ring substituents is 1. The van der Waals surface area contributed by atoms with Gasteiger partial charge in [-0.15, -0.1) is 0 Å². The molecule has 18 heavy (non-hydrogen) atoms. The molecule has 0 radical (unpaired) electrons. The van der Waals surface area contributed by atoms with E-state index in [9.17, 15) is 10.1 Å². The summed E-state index contributed by atoms with van der Waals surface area (Å²) in [5.74, 6) is 0. The van der Waals surface area contributed by atoms with Gasteiger partial charge in [-0.25, -0.2) is 0 Å². The summed E-state index contributed by atoms with van der Waals surface area (Å²) >= 11 is 0. The molecule has 0 aromatic heterocycles. The summed E-state index contributed by atoms with van der Waals surface area (Å²) in [4.78, 5) is 12.7. The van der Waals surface area contributed by atoms with Gasteiger partial charge in [0, 0.05) is 43.0 Å². The van der Waals surface area contributed by atoms with Crippen LogP contribution in [0.1, 0.15) is 19.3 Å². The molecule has 2 bridgehead atoms. The third kappa shape index (κ3) is 2.18. The second-order valence-electron chi connectivity index (χ2n) is 5.15. The van der Waals surface area contributed by atoms with Gasteiger partial charge in [0.15, 0.2) is 0 Å². The molecule has 5 nitrogen and oxygen atoms in total. The average Bonchev–Trinajstić information content (AvgIpc) is 2.69. The highest BCUT2D eigenvalue weighted by Crippen LogP contribution is 2.26. The van der Waals surface area contributed by atoms with E-state index >= 15 is 0 Å². The number of fused-ring (bicyclic) bond motifs is 2. The average molecular weight is 247 g/mol. The zero-order chi connectivity index (χ0) is 12.5. The van der Waals surface area contributed by atoms with E-state index in [4.69, 9.17) is 0 Å². The van der Waals surface area contributed by atoms with Gasteiger partial charge >= 0.3 is 0 Å². The van der Waals surface area contributed by atoms with Crippen LogP contribution in [0.2, 0.25) is 0 Å². The molecule has 0 spiro atoms. The van der Waals surface area contributed by atoms with Crippen molar-refractivity contribution in [1.29, 1.82) is 0 Å². The minimum atomic E-state index is -0.328. The third-order valence-electron chi connectivity index (χ3n) is 3.93. The van der Waals surface area contributed by atoms with Crippen molar-refractivity contribution < 1.29 is 4.92 Å². The molecular formula is C13H17N3O2. The van der Waals surface area contributed by atoms with Crippen molar-refractivity contribution in [2.75, 3.05) is 18.0 Å². The molecule has 1 aromatic carbocycles. The second kappa shape index (κ2) is 4.57. The van der Waals surface area contributed by atoms with Crippen LogP contribution in [0.4, 0.5) is 11.4 Å². The molecule has 0 amide bonds. The molecule has 96 valence electrons. The Bertz CT molecular complexity index is 463. The standard InChI is InChI=1S/C13H17N3O2/c17-16(18)13-3-1-2-12(8-13)15-7-6-10-4-5-11(9-15)14-10/h1-3,8,10-11,14H,4-7,9H2. The molecule has 2 aliphatic rings. The van der Waals surface area contributed by atoms with Crippen LogP contribution in [-0.4, -0.2) is 30.1 Å². The number of nitro groups is 1. The Balaban J connectivity index is 1.81. The topological polar surface area (TPSA) is 58.4 Å². The van der Waals surface area contributed by atoms with Crippen LogP contribution >= 0.6 is 0 Å². The smallest absolute Gasteiger partial charge is 0.271 e. The lowest BCUT2D eigenvalue weighted by Gasteiger charge is -2.26. The number of hydrogen-bond donors (Lipinski definition) is 1. The van der Waals surface area contributed by atoms with Gasteiger partial charge in [-0.3, -0.25) is 10.1 Å². The molecule has 5 heteroatoms. The Labute approximate surface area is 106 Å². The van der Waals surface area contributed by atoms with Crippen LogP contribution in [0, 0.1) is 10.1 Å². The number of benzene rings is 1. The Morgan fingerprint density at radius 2 is 2.11 bits per heavy atom. The fraction of sp³-hybridized carbons (Fsp3) is 0.538. The second-order valence-corrected chi connectivity index (χ2v) is 5.15. The van der Waals surface area contributed by atoms with Crippen LogP contribution in [-0.2, 0) is 0 Å². The number of rotatable bonds is 2. The van der Waals surface area contributed by atoms with Crippen LogP contribution in [0.25, 0.3) is 0 Å². The predicted molar refractivity (Wildman–Crippen MR) is 69.9 cm³/mol. The number of hydrogen-bond acceptors (Lipinski definition) is 4. The summed E-state index contributed by atoms with van der Waals surface area (Å²) < 4.78 is 0. The lowest BCUT2D eigenvalue weighted by atomic mass is 10.1. The molecule has 1 aromatic rings. The van der Waals surface area contributed by atoms with Gasteiger partial charge < -0.3 is 10.2 Å². The molecule has 0 saturated carbocycles. The van der Waals surface area contributed by atoms with E-state index in [-0.39, 0.29) is 10.6 Å². The summed E-state index contributed by atoms with van der Waals surface area (Å²) in [5.41, 5.74) is 1.15. The first-order chi connectivity index (χ1) is 8.72. The zero-order valence-electron chi connectivity index (χ0n) is 10.2. The van der Waals surface area contributed by atoms with Crippen LogP contribution in [0.3, 0.4) is 0 Å². The number of anilines is 1. The molecule has 0 aliphatic carbocycles. The van der Waals surface area contributed by atoms with Gasteiger partial charge in [0.1, 0.15) is 0 Å². The van der Waals surface area contributed by atoms with Gasteiger partial charge in [0.05, 0.1) is 4.92 Å². The highest BCUT2D eigenvalue weighted by molar-refractivity contribution is 5.53. The summed E-state index contributed by atoms with van der Waals surface area (Å²) in [7, 11) is 0. The quantitative estimate of drug-likeness (QED) is 0.641. The monoisotopic (exact) mass is 247 g/mol. The first kappa shape index (κ1) is 11.5. The first-order valence-corrected chi connectivity index (χ1v) is 6.48. The number of nitrogens with one attached hydrogen (secondary N) is 1. The van der Waals surface area contributed by atoms with Crippen LogP contribution < -0.4 is 10.2 Å². The van der Waals surface area contributed by atoms with Crippen molar-refractivity contribution >= 4 is 11.4 Å². The highest BCUT2D eigenvalue weighted by atomic mass is 16.6. The lowest BCUT2D eigenvalue weighted by Crippen LogP contribution is -2.35. The van der Waals surface area contributed by atoms with Crippen LogP contribution in [0.15, 0.2) is 24.3 Å². The predicted octanol–water partition coefficient (Wildman–Crippen LogP) is 1.93. The largest absolute Gasteiger partial charge is 0.370 e. The Morgan fingerprint density at radius 3 is 2.94 bits per heavy atom. The summed E-state index contributed by atoms with van der Waals surface area (Å²) in [6, 6.07) is 8.14. The van der Waals surface area contributed by atoms with Crippen molar-refractivity contribution in [3.63, 3.8) is 0 Å². The molecule has 3 rings (SSSR count). The van der Waals surface area contributed by atoms with Gasteiger partial charge in [-0.2, -0.15) is 0 Å². The molecule has 1 N–H and O–H groups in total. The minimum absolute atomic E-state index is 0.176. The van der Waals surface area contributed by atoms with E-state index in [1.54, 1.807) is 18.2 Å². The maximum absolute atomic E-state index is 10.8. The van der Waals surface area contributed by atoms with E-state index in [0.29, 0.717) is 12.1 Å². The van der Waals surface area contributed by atoms with E-state index in [2.05, 4.69) is 10.2 Å². The van der Waals surface area contributed by atoms with Gasteiger partial charge in [-0.05, 0) is 25.3 Å². The molecular weight excluding hydrogens is 230 g/mol. The first-order valence-electron chi connectivity index (χ1n) is 6.48. The van der Waals surface area contributed by atoms with E-state index in [1.807, 2.05) is 6.07 Å². The maximum Gasteiger partial charge on any atom is 0.271 e. The van der Waals surface area contributed by atoms with Crippen molar-refractivity contribution in [3.8, 4) is 0 Å². The Kier molecular flexibility index (Phi) is 2.91. The maximum atomic E-state index is 10.8. The molecule has 2 aliphatic heterocycles. The van der Waals surface area contributed by atoms with Gasteiger partial charge in [0.25, 0.3) is 5.69 Å². The van der Waals surface area contributed by atoms with E-state index < -0.39 is 0 Å². The van der Waals surface area contributed by atoms with Gasteiger partial charge in [0.2, 0.25) is 0 Å². The van der Waals surface area contributed by atoms with Crippen molar-refractivity contribution in [3.05, 3.63) is 34.4 Å². The highest BCUT2D eigenvalue weighted by Gasteiger charge is 2.29. The van der Waals surface area contributed by atoms with Crippen LogP contribution in [0.5, 0.6) is 0 Å². The van der Waals surface area contributed by atoms with Gasteiger partial charge in [-0.1, -0.05) is 6.07 Å². The van der Waals surface area contributed by atoms with Crippen molar-refractivity contribution in [1.82, 2.24) is 5.32 Å². The Hall–Kier alpha value is -1.62. The minimum Gasteiger partial charge on any atom is -0.370 e. The number of non-ortho nitro benzene ring substituents is 1. The summed E-state index contributed by atoms with van der Waals surface area (Å²) in [6.07, 6.45) is 3.61. The third-order valence-corrected chi connectivity index (χ3v) is 3.93. The van der Waals surface area contributed by atoms with Crippen molar-refractivity contribution in [2.24, 2.45) is 0 Å². The van der Waals surface area contributed by atoms with E-state index in [0.717, 1.165) is 25.2 Å². The van der Waals surface area contributed by atoms with Crippen molar-refractivity contribution in [2.45, 2.75) is 31.3 Å².